The molecule has 0 amide bonds. The molecule has 39 heavy (non-hydrogen) atoms. The monoisotopic (exact) mass is 527 g/mol. The summed E-state index contributed by atoms with van der Waals surface area (Å²) in [6.07, 6.45) is 5.44. The largest absolute Gasteiger partial charge is 0.397 e. The first kappa shape index (κ1) is 27.9. The van der Waals surface area contributed by atoms with E-state index in [1.807, 2.05) is 47.1 Å². The number of aliphatic imine (C=N–C) groups is 1. The second-order valence-electron chi connectivity index (χ2n) is 10.2. The summed E-state index contributed by atoms with van der Waals surface area (Å²) in [5, 5.41) is 16.8. The van der Waals surface area contributed by atoms with E-state index in [-0.39, 0.29) is 0 Å². The Morgan fingerprint density at radius 3 is 2.41 bits per heavy atom. The van der Waals surface area contributed by atoms with Crippen molar-refractivity contribution < 1.29 is 0 Å². The number of pyridine rings is 1. The van der Waals surface area contributed by atoms with Crippen LogP contribution in [-0.4, -0.2) is 72.3 Å². The molecule has 0 radical (unpaired) electrons. The van der Waals surface area contributed by atoms with Crippen molar-refractivity contribution in [3.05, 3.63) is 72.2 Å². The summed E-state index contributed by atoms with van der Waals surface area (Å²) in [6.45, 7) is 12.1. The molecule has 3 aromatic rings. The first-order chi connectivity index (χ1) is 18.7. The van der Waals surface area contributed by atoms with Crippen molar-refractivity contribution in [3.63, 3.8) is 0 Å². The molecule has 2 aromatic heterocycles. The van der Waals surface area contributed by atoms with E-state index in [0.717, 1.165) is 48.9 Å². The second kappa shape index (κ2) is 12.2. The van der Waals surface area contributed by atoms with Crippen LogP contribution in [0.3, 0.4) is 0 Å². The Morgan fingerprint density at radius 2 is 1.77 bits per heavy atom. The molecule has 4 N–H and O–H groups in total. The highest BCUT2D eigenvalue weighted by molar-refractivity contribution is 6.24. The number of anilines is 3. The van der Waals surface area contributed by atoms with E-state index in [1.54, 1.807) is 6.08 Å². The number of fused-ring (bicyclic) bond motifs is 1. The van der Waals surface area contributed by atoms with E-state index in [9.17, 15) is 0 Å². The highest BCUT2D eigenvalue weighted by Crippen LogP contribution is 2.34. The lowest BCUT2D eigenvalue weighted by atomic mass is 10.0. The van der Waals surface area contributed by atoms with Gasteiger partial charge < -0.3 is 25.8 Å². The van der Waals surface area contributed by atoms with Crippen LogP contribution in [0.1, 0.15) is 27.7 Å². The lowest BCUT2D eigenvalue weighted by Gasteiger charge is -2.27. The van der Waals surface area contributed by atoms with Crippen molar-refractivity contribution in [2.45, 2.75) is 33.7 Å². The normalized spacial score (nSPS) is 14.8. The van der Waals surface area contributed by atoms with Gasteiger partial charge in [-0.3, -0.25) is 5.41 Å². The van der Waals surface area contributed by atoms with Crippen molar-refractivity contribution in [2.75, 3.05) is 55.4 Å². The SMILES string of the molecule is CCN(CCN(C)C)c1nn2ccccc2c1/N=C1/C=C(Nc2ccc(N(CC)C(C)C)cc2)C(=N)C=C1N. The van der Waals surface area contributed by atoms with Gasteiger partial charge in [-0.2, -0.15) is 0 Å². The van der Waals surface area contributed by atoms with Gasteiger partial charge in [0.05, 0.1) is 28.3 Å². The number of nitrogens with one attached hydrogen (secondary N) is 2. The fourth-order valence-electron chi connectivity index (χ4n) is 4.69. The van der Waals surface area contributed by atoms with Crippen molar-refractivity contribution >= 4 is 39.8 Å². The van der Waals surface area contributed by atoms with Crippen LogP contribution in [0.5, 0.6) is 0 Å². The molecule has 9 heteroatoms. The second-order valence-corrected chi connectivity index (χ2v) is 10.2. The number of nitrogens with zero attached hydrogens (tertiary/aromatic N) is 6. The minimum absolute atomic E-state index is 0.314. The molecular weight excluding hydrogens is 486 g/mol. The number of benzene rings is 1. The summed E-state index contributed by atoms with van der Waals surface area (Å²) in [6, 6.07) is 14.7. The molecule has 0 saturated carbocycles. The predicted molar refractivity (Wildman–Crippen MR) is 165 cm³/mol. The van der Waals surface area contributed by atoms with Crippen LogP contribution in [-0.2, 0) is 0 Å². The molecule has 9 nitrogen and oxygen atoms in total. The number of hydrogen-bond donors (Lipinski definition) is 3. The minimum Gasteiger partial charge on any atom is -0.397 e. The van der Waals surface area contributed by atoms with Gasteiger partial charge in [-0.05, 0) is 90.3 Å². The van der Waals surface area contributed by atoms with E-state index < -0.39 is 0 Å². The van der Waals surface area contributed by atoms with Crippen LogP contribution in [0.2, 0.25) is 0 Å². The third-order valence-corrected chi connectivity index (χ3v) is 6.84. The maximum atomic E-state index is 8.55. The fourth-order valence-corrected chi connectivity index (χ4v) is 4.69. The zero-order chi connectivity index (χ0) is 28.1. The van der Waals surface area contributed by atoms with Crippen molar-refractivity contribution in [1.29, 1.82) is 5.41 Å². The third-order valence-electron chi connectivity index (χ3n) is 6.84. The van der Waals surface area contributed by atoms with Crippen LogP contribution in [0, 0.1) is 5.41 Å². The number of allylic oxidation sites excluding steroid dienone is 2. The van der Waals surface area contributed by atoms with Gasteiger partial charge in [-0.1, -0.05) is 6.07 Å². The molecule has 1 aliphatic rings. The van der Waals surface area contributed by atoms with Gasteiger partial charge in [-0.25, -0.2) is 9.51 Å². The van der Waals surface area contributed by atoms with Crippen molar-refractivity contribution in [1.82, 2.24) is 14.5 Å². The fraction of sp³-hybridized carbons (Fsp3) is 0.367. The Labute approximate surface area is 231 Å². The maximum Gasteiger partial charge on any atom is 0.177 e. The minimum atomic E-state index is 0.314. The van der Waals surface area contributed by atoms with Crippen LogP contribution in [0.4, 0.5) is 22.9 Å². The van der Waals surface area contributed by atoms with E-state index in [0.29, 0.717) is 28.9 Å². The molecule has 0 unspecified atom stereocenters. The number of aromatic nitrogens is 2. The quantitative estimate of drug-likeness (QED) is 0.307. The standard InChI is InChI=1S/C30H41N9/c1-7-37(18-17-36(5)6)30-29(28-11-9-10-16-39(28)35-30)34-27-20-26(24(31)19-25(27)32)33-22-12-14-23(15-13-22)38(8-2)21(3)4/h9-16,19-21,31,33H,7-8,17-18,32H2,1-6H3/b31-24?,34-27-. The smallest absolute Gasteiger partial charge is 0.177 e. The van der Waals surface area contributed by atoms with E-state index in [4.69, 9.17) is 21.2 Å². The molecule has 0 fully saturated rings. The first-order valence-corrected chi connectivity index (χ1v) is 13.6. The molecule has 0 spiro atoms. The molecule has 0 aliphatic heterocycles. The molecule has 2 heterocycles. The van der Waals surface area contributed by atoms with Gasteiger partial charge in [0.2, 0.25) is 0 Å². The number of nitrogens with two attached hydrogens (primary N) is 1. The summed E-state index contributed by atoms with van der Waals surface area (Å²) in [7, 11) is 4.14. The van der Waals surface area contributed by atoms with Gasteiger partial charge >= 0.3 is 0 Å². The Balaban J connectivity index is 1.69. The maximum absolute atomic E-state index is 8.55. The molecule has 1 aliphatic carbocycles. The number of rotatable bonds is 11. The van der Waals surface area contributed by atoms with Crippen LogP contribution < -0.4 is 20.9 Å². The molecule has 0 bridgehead atoms. The summed E-state index contributed by atoms with van der Waals surface area (Å²) in [5.74, 6) is 0.815. The van der Waals surface area contributed by atoms with Gasteiger partial charge in [0.15, 0.2) is 5.82 Å². The molecular formula is C30H41N9. The highest BCUT2D eigenvalue weighted by Gasteiger charge is 2.21. The molecule has 0 atom stereocenters. The van der Waals surface area contributed by atoms with Crippen molar-refractivity contribution in [3.8, 4) is 0 Å². The van der Waals surface area contributed by atoms with Gasteiger partial charge in [-0.15, -0.1) is 5.10 Å². The van der Waals surface area contributed by atoms with Gasteiger partial charge in [0.1, 0.15) is 5.69 Å². The zero-order valence-corrected chi connectivity index (χ0v) is 23.9. The van der Waals surface area contributed by atoms with Crippen molar-refractivity contribution in [2.24, 2.45) is 10.7 Å². The summed E-state index contributed by atoms with van der Waals surface area (Å²) in [4.78, 5) is 11.8. The van der Waals surface area contributed by atoms with E-state index in [1.165, 1.54) is 5.69 Å². The lowest BCUT2D eigenvalue weighted by molar-refractivity contribution is 0.413. The third kappa shape index (κ3) is 6.31. The average molecular weight is 528 g/mol. The molecule has 0 saturated heterocycles. The topological polar surface area (TPSA) is 101 Å². The predicted octanol–water partition coefficient (Wildman–Crippen LogP) is 4.90. The average Bonchev–Trinajstić information content (AvgIpc) is 3.26. The number of hydrogen-bond acceptors (Lipinski definition) is 8. The Bertz CT molecular complexity index is 1390. The lowest BCUT2D eigenvalue weighted by Crippen LogP contribution is -2.32. The molecule has 206 valence electrons. The van der Waals surface area contributed by atoms with E-state index in [2.05, 4.69) is 73.9 Å². The Kier molecular flexibility index (Phi) is 8.71. The Hall–Kier alpha value is -4.11. The van der Waals surface area contributed by atoms with Crippen LogP contribution in [0.25, 0.3) is 5.52 Å². The first-order valence-electron chi connectivity index (χ1n) is 13.6. The molecule has 1 aromatic carbocycles. The Morgan fingerprint density at radius 1 is 1.03 bits per heavy atom. The van der Waals surface area contributed by atoms with Gasteiger partial charge in [0.25, 0.3) is 0 Å². The highest BCUT2D eigenvalue weighted by atomic mass is 15.3. The zero-order valence-electron chi connectivity index (χ0n) is 23.9. The summed E-state index contributed by atoms with van der Waals surface area (Å²) < 4.78 is 1.86. The van der Waals surface area contributed by atoms with Crippen LogP contribution >= 0.6 is 0 Å². The number of likely N-dealkylation sites (N-methyl/N-ethyl adjacent to an activating group) is 2. The van der Waals surface area contributed by atoms with Crippen LogP contribution in [0.15, 0.2) is 77.2 Å². The summed E-state index contributed by atoms with van der Waals surface area (Å²) in [5.41, 5.74) is 12.2. The molecule has 4 rings (SSSR count). The van der Waals surface area contributed by atoms with Gasteiger partial charge in [0, 0.05) is 49.8 Å². The van der Waals surface area contributed by atoms with E-state index >= 15 is 0 Å². The summed E-state index contributed by atoms with van der Waals surface area (Å²) >= 11 is 0.